The van der Waals surface area contributed by atoms with E-state index in [9.17, 15) is 4.79 Å². The average molecular weight is 380 g/mol. The maximum Gasteiger partial charge on any atom is 0.224 e. The molecule has 2 aromatic heterocycles. The smallest absolute Gasteiger partial charge is 0.224 e. The normalized spacial score (nSPS) is 18.4. The molecular weight excluding hydrogens is 358 g/mol. The van der Waals surface area contributed by atoms with E-state index in [-0.39, 0.29) is 11.9 Å². The summed E-state index contributed by atoms with van der Waals surface area (Å²) in [6.07, 6.45) is 7.06. The number of fused-ring (bicyclic) bond motifs is 1. The van der Waals surface area contributed by atoms with E-state index in [0.717, 1.165) is 59.2 Å². The molecule has 1 aliphatic heterocycles. The molecule has 0 spiro atoms. The van der Waals surface area contributed by atoms with Crippen LogP contribution in [0.2, 0.25) is 0 Å². The Morgan fingerprint density at radius 1 is 1.61 bits per heavy atom. The third-order valence-electron chi connectivity index (χ3n) is 4.15. The number of pyridine rings is 1. The number of hydrogen-bond acceptors (Lipinski definition) is 4. The fraction of sp³-hybridized carbons (Fsp3) is 0.500. The van der Waals surface area contributed by atoms with Gasteiger partial charge < -0.3 is 20.9 Å². The third-order valence-corrected chi connectivity index (χ3v) is 4.73. The highest BCUT2D eigenvalue weighted by atomic mass is 79.9. The lowest BCUT2D eigenvalue weighted by Gasteiger charge is -2.33. The number of piperidine rings is 1. The molecule has 7 heteroatoms. The Morgan fingerprint density at radius 2 is 2.43 bits per heavy atom. The molecule has 0 aromatic carbocycles. The van der Waals surface area contributed by atoms with Gasteiger partial charge in [-0.1, -0.05) is 6.92 Å². The molecule has 1 saturated heterocycles. The van der Waals surface area contributed by atoms with Crippen molar-refractivity contribution in [3.63, 3.8) is 0 Å². The maximum atomic E-state index is 12.0. The van der Waals surface area contributed by atoms with E-state index in [1.165, 1.54) is 0 Å². The molecule has 2 aromatic rings. The second-order valence-electron chi connectivity index (χ2n) is 6.03. The first-order valence-corrected chi connectivity index (χ1v) is 8.85. The predicted molar refractivity (Wildman–Crippen MR) is 96.8 cm³/mol. The molecule has 4 N–H and O–H groups in total. The summed E-state index contributed by atoms with van der Waals surface area (Å²) in [5, 5.41) is 3.94. The topological polar surface area (TPSA) is 87.0 Å². The van der Waals surface area contributed by atoms with E-state index in [4.69, 9.17) is 5.73 Å². The van der Waals surface area contributed by atoms with Crippen LogP contribution in [0.25, 0.3) is 11.0 Å². The number of rotatable bonds is 4. The fourth-order valence-corrected chi connectivity index (χ4v) is 3.67. The highest BCUT2D eigenvalue weighted by Crippen LogP contribution is 2.38. The summed E-state index contributed by atoms with van der Waals surface area (Å²) < 4.78 is 0.921. The molecule has 0 saturated carbocycles. The molecule has 1 atom stereocenters. The zero-order valence-electron chi connectivity index (χ0n) is 13.2. The molecule has 3 heterocycles. The summed E-state index contributed by atoms with van der Waals surface area (Å²) >= 11 is 3.62. The van der Waals surface area contributed by atoms with Crippen LogP contribution in [0, 0.1) is 0 Å². The van der Waals surface area contributed by atoms with Gasteiger partial charge in [0, 0.05) is 37.9 Å². The predicted octanol–water partition coefficient (Wildman–Crippen LogP) is 2.99. The zero-order valence-corrected chi connectivity index (χ0v) is 14.8. The van der Waals surface area contributed by atoms with Gasteiger partial charge in [-0.2, -0.15) is 0 Å². The van der Waals surface area contributed by atoms with Crippen LogP contribution >= 0.6 is 15.9 Å². The highest BCUT2D eigenvalue weighted by Gasteiger charge is 2.23. The molecule has 3 rings (SSSR count). The first-order chi connectivity index (χ1) is 11.1. The summed E-state index contributed by atoms with van der Waals surface area (Å²) in [7, 11) is 0. The van der Waals surface area contributed by atoms with Crippen molar-refractivity contribution in [2.45, 2.75) is 38.6 Å². The van der Waals surface area contributed by atoms with Gasteiger partial charge in [0.05, 0.1) is 21.2 Å². The van der Waals surface area contributed by atoms with Crippen molar-refractivity contribution in [1.29, 1.82) is 0 Å². The lowest BCUT2D eigenvalue weighted by Crippen LogP contribution is -2.43. The SMILES string of the molecule is CCCC(=O)Nc1c[nH]c2ncc(Br)c(N3CCC[C@@H](N)C3)c12. The summed E-state index contributed by atoms with van der Waals surface area (Å²) in [6, 6.07) is 0.177. The Morgan fingerprint density at radius 3 is 3.17 bits per heavy atom. The number of aromatic nitrogens is 2. The number of anilines is 2. The molecule has 6 nitrogen and oxygen atoms in total. The molecule has 1 amide bonds. The minimum absolute atomic E-state index is 0.0228. The van der Waals surface area contributed by atoms with Crippen LogP contribution in [0.1, 0.15) is 32.6 Å². The van der Waals surface area contributed by atoms with Gasteiger partial charge in [-0.15, -0.1) is 0 Å². The fourth-order valence-electron chi connectivity index (χ4n) is 3.12. The highest BCUT2D eigenvalue weighted by molar-refractivity contribution is 9.10. The standard InChI is InChI=1S/C16H22BrN5O/c1-2-4-13(23)21-12-8-20-16-14(12)15(11(17)7-19-16)22-6-3-5-10(18)9-22/h7-8,10H,2-6,9,18H2,1H3,(H,19,20)(H,21,23)/t10-/m1/s1. The minimum Gasteiger partial charge on any atom is -0.368 e. The van der Waals surface area contributed by atoms with Crippen molar-refractivity contribution >= 4 is 44.2 Å². The van der Waals surface area contributed by atoms with E-state index in [2.05, 4.69) is 36.1 Å². The largest absolute Gasteiger partial charge is 0.368 e. The van der Waals surface area contributed by atoms with Crippen LogP contribution in [-0.4, -0.2) is 35.0 Å². The number of carbonyl (C=O) groups excluding carboxylic acids is 1. The third kappa shape index (κ3) is 3.35. The van der Waals surface area contributed by atoms with Crippen LogP contribution in [0.15, 0.2) is 16.9 Å². The summed E-state index contributed by atoms with van der Waals surface area (Å²) in [4.78, 5) is 21.8. The van der Waals surface area contributed by atoms with E-state index < -0.39 is 0 Å². The summed E-state index contributed by atoms with van der Waals surface area (Å²) in [5.41, 5.74) is 8.75. The Bertz CT molecular complexity index is 714. The van der Waals surface area contributed by atoms with Crippen LogP contribution < -0.4 is 16.0 Å². The summed E-state index contributed by atoms with van der Waals surface area (Å²) in [6.45, 7) is 3.76. The number of aromatic amines is 1. The van der Waals surface area contributed by atoms with Gasteiger partial charge in [0.2, 0.25) is 5.91 Å². The Labute approximate surface area is 143 Å². The van der Waals surface area contributed by atoms with Crippen LogP contribution in [0.4, 0.5) is 11.4 Å². The number of hydrogen-bond donors (Lipinski definition) is 3. The molecular formula is C16H22BrN5O. The second kappa shape index (κ2) is 6.88. The molecule has 23 heavy (non-hydrogen) atoms. The zero-order chi connectivity index (χ0) is 16.4. The van der Waals surface area contributed by atoms with Crippen molar-refractivity contribution in [3.8, 4) is 0 Å². The number of nitrogens with two attached hydrogens (primary N) is 1. The molecule has 1 fully saturated rings. The molecule has 0 unspecified atom stereocenters. The lowest BCUT2D eigenvalue weighted by atomic mass is 10.1. The first-order valence-electron chi connectivity index (χ1n) is 8.06. The number of carbonyl (C=O) groups is 1. The van der Waals surface area contributed by atoms with Gasteiger partial charge in [0.25, 0.3) is 0 Å². The molecule has 0 bridgehead atoms. The monoisotopic (exact) mass is 379 g/mol. The lowest BCUT2D eigenvalue weighted by molar-refractivity contribution is -0.116. The molecule has 0 radical (unpaired) electrons. The Hall–Kier alpha value is -1.60. The van der Waals surface area contributed by atoms with E-state index in [1.807, 2.05) is 13.1 Å². The van der Waals surface area contributed by atoms with Gasteiger partial charge in [-0.25, -0.2) is 4.98 Å². The van der Waals surface area contributed by atoms with Crippen LogP contribution in [0.3, 0.4) is 0 Å². The first kappa shape index (κ1) is 16.3. The average Bonchev–Trinajstić information content (AvgIpc) is 2.90. The maximum absolute atomic E-state index is 12.0. The number of halogens is 1. The van der Waals surface area contributed by atoms with Gasteiger partial charge >= 0.3 is 0 Å². The van der Waals surface area contributed by atoms with Crippen molar-refractivity contribution in [1.82, 2.24) is 9.97 Å². The van der Waals surface area contributed by atoms with Gasteiger partial charge in [-0.3, -0.25) is 4.79 Å². The van der Waals surface area contributed by atoms with E-state index >= 15 is 0 Å². The van der Waals surface area contributed by atoms with Gasteiger partial charge in [0.1, 0.15) is 5.65 Å². The van der Waals surface area contributed by atoms with E-state index in [0.29, 0.717) is 6.42 Å². The Balaban J connectivity index is 2.03. The van der Waals surface area contributed by atoms with Crippen molar-refractivity contribution in [2.24, 2.45) is 5.73 Å². The quantitative estimate of drug-likeness (QED) is 0.761. The van der Waals surface area contributed by atoms with Crippen LogP contribution in [0.5, 0.6) is 0 Å². The van der Waals surface area contributed by atoms with Gasteiger partial charge in [-0.05, 0) is 35.2 Å². The second-order valence-corrected chi connectivity index (χ2v) is 6.88. The Kier molecular flexibility index (Phi) is 4.87. The number of nitrogens with one attached hydrogen (secondary N) is 2. The summed E-state index contributed by atoms with van der Waals surface area (Å²) in [5.74, 6) is 0.0228. The number of H-pyrrole nitrogens is 1. The van der Waals surface area contributed by atoms with E-state index in [1.54, 1.807) is 6.20 Å². The van der Waals surface area contributed by atoms with Crippen molar-refractivity contribution < 1.29 is 4.79 Å². The minimum atomic E-state index is 0.0228. The van der Waals surface area contributed by atoms with Gasteiger partial charge in [0.15, 0.2) is 0 Å². The van der Waals surface area contributed by atoms with Crippen molar-refractivity contribution in [2.75, 3.05) is 23.3 Å². The molecule has 1 aliphatic rings. The molecule has 0 aliphatic carbocycles. The molecule has 124 valence electrons. The van der Waals surface area contributed by atoms with Crippen molar-refractivity contribution in [3.05, 3.63) is 16.9 Å². The number of amides is 1. The number of nitrogens with zero attached hydrogens (tertiary/aromatic N) is 2. The van der Waals surface area contributed by atoms with Crippen LogP contribution in [-0.2, 0) is 4.79 Å².